The molecule has 0 aliphatic carbocycles. The van der Waals surface area contributed by atoms with Crippen molar-refractivity contribution in [1.82, 2.24) is 15.4 Å². The third-order valence-corrected chi connectivity index (χ3v) is 4.32. The second-order valence-corrected chi connectivity index (χ2v) is 6.40. The average Bonchev–Trinajstić information content (AvgIpc) is 2.86. The number of nitrogens with zero attached hydrogens (tertiary/aromatic N) is 2. The van der Waals surface area contributed by atoms with E-state index in [2.05, 4.69) is 38.0 Å². The summed E-state index contributed by atoms with van der Waals surface area (Å²) in [5.41, 5.74) is 4.39. The largest absolute Gasteiger partial charge is 0.480 e. The number of rotatable bonds is 5. The van der Waals surface area contributed by atoms with Crippen LogP contribution >= 0.6 is 33.9 Å². The zero-order valence-electron chi connectivity index (χ0n) is 10.4. The van der Waals surface area contributed by atoms with Crippen LogP contribution in [0, 0.1) is 2.88 Å². The van der Waals surface area contributed by atoms with E-state index in [9.17, 15) is 0 Å². The number of methoxy groups -OCH3 is 2. The maximum absolute atomic E-state index is 5.64. The van der Waals surface area contributed by atoms with Crippen LogP contribution in [0.5, 0.6) is 11.8 Å². The monoisotopic (exact) mass is 392 g/mol. The van der Waals surface area contributed by atoms with Crippen molar-refractivity contribution in [3.05, 3.63) is 31.8 Å². The van der Waals surface area contributed by atoms with Gasteiger partial charge in [-0.1, -0.05) is 0 Å². The van der Waals surface area contributed by atoms with Gasteiger partial charge in [-0.3, -0.25) is 5.84 Å². The van der Waals surface area contributed by atoms with Crippen molar-refractivity contribution in [3.63, 3.8) is 0 Å². The molecule has 0 fully saturated rings. The first-order valence-corrected chi connectivity index (χ1v) is 7.30. The van der Waals surface area contributed by atoms with E-state index >= 15 is 0 Å². The van der Waals surface area contributed by atoms with Gasteiger partial charge in [-0.25, -0.2) is 10.4 Å². The molecule has 6 nitrogen and oxygen atoms in total. The van der Waals surface area contributed by atoms with Crippen LogP contribution in [0.1, 0.15) is 17.3 Å². The Kier molecular flexibility index (Phi) is 4.91. The van der Waals surface area contributed by atoms with Crippen LogP contribution in [-0.2, 0) is 0 Å². The Bertz CT molecular complexity index is 563. The molecular weight excluding hydrogens is 379 g/mol. The van der Waals surface area contributed by atoms with Crippen molar-refractivity contribution >= 4 is 33.9 Å². The molecule has 102 valence electrons. The Labute approximate surface area is 128 Å². The van der Waals surface area contributed by atoms with E-state index in [0.29, 0.717) is 17.5 Å². The topological polar surface area (TPSA) is 82.3 Å². The molecule has 19 heavy (non-hydrogen) atoms. The third kappa shape index (κ3) is 3.14. The molecule has 0 saturated carbocycles. The molecule has 1 atom stereocenters. The van der Waals surface area contributed by atoms with E-state index < -0.39 is 0 Å². The summed E-state index contributed by atoms with van der Waals surface area (Å²) in [7, 11) is 3.07. The van der Waals surface area contributed by atoms with Gasteiger partial charge in [0.05, 0.1) is 29.3 Å². The highest BCUT2D eigenvalue weighted by atomic mass is 127. The molecule has 0 aliphatic rings. The smallest absolute Gasteiger partial charge is 0.240 e. The van der Waals surface area contributed by atoms with Crippen LogP contribution in [0.25, 0.3) is 0 Å². The Morgan fingerprint density at radius 2 is 2.21 bits per heavy atom. The van der Waals surface area contributed by atoms with Crippen LogP contribution in [0.4, 0.5) is 0 Å². The van der Waals surface area contributed by atoms with Gasteiger partial charge in [-0.05, 0) is 39.6 Å². The first kappa shape index (κ1) is 14.4. The van der Waals surface area contributed by atoms with Gasteiger partial charge in [0, 0.05) is 0 Å². The molecule has 0 aromatic carbocycles. The van der Waals surface area contributed by atoms with Crippen molar-refractivity contribution in [2.75, 3.05) is 14.2 Å². The molecule has 0 spiro atoms. The first-order valence-electron chi connectivity index (χ1n) is 5.34. The fraction of sp³-hybridized carbons (Fsp3) is 0.273. The van der Waals surface area contributed by atoms with Gasteiger partial charge in [-0.15, -0.1) is 11.3 Å². The molecule has 0 saturated heterocycles. The third-order valence-electron chi connectivity index (χ3n) is 2.51. The van der Waals surface area contributed by atoms with Crippen molar-refractivity contribution in [2.24, 2.45) is 5.84 Å². The van der Waals surface area contributed by atoms with Gasteiger partial charge < -0.3 is 9.47 Å². The maximum atomic E-state index is 5.64. The lowest BCUT2D eigenvalue weighted by atomic mass is 10.1. The Morgan fingerprint density at radius 1 is 1.42 bits per heavy atom. The fourth-order valence-electron chi connectivity index (χ4n) is 1.62. The molecule has 0 amide bonds. The number of nitrogens with two attached hydrogens (primary N) is 1. The predicted molar refractivity (Wildman–Crippen MR) is 81.3 cm³/mol. The average molecular weight is 392 g/mol. The normalized spacial score (nSPS) is 12.2. The maximum Gasteiger partial charge on any atom is 0.240 e. The molecule has 0 bridgehead atoms. The van der Waals surface area contributed by atoms with Gasteiger partial charge in [0.15, 0.2) is 0 Å². The van der Waals surface area contributed by atoms with Crippen LogP contribution in [0.3, 0.4) is 0 Å². The molecule has 3 N–H and O–H groups in total. The fourth-order valence-corrected chi connectivity index (χ4v) is 3.02. The van der Waals surface area contributed by atoms with E-state index in [4.69, 9.17) is 15.3 Å². The van der Waals surface area contributed by atoms with Crippen LogP contribution < -0.4 is 20.7 Å². The zero-order valence-corrected chi connectivity index (χ0v) is 13.4. The number of hydrogen-bond donors (Lipinski definition) is 2. The lowest BCUT2D eigenvalue weighted by Gasteiger charge is -2.16. The highest BCUT2D eigenvalue weighted by Crippen LogP contribution is 2.30. The van der Waals surface area contributed by atoms with Gasteiger partial charge >= 0.3 is 0 Å². The molecule has 2 aromatic heterocycles. The summed E-state index contributed by atoms with van der Waals surface area (Å²) >= 11 is 3.90. The first-order chi connectivity index (χ1) is 9.19. The SMILES string of the molecule is COc1cnc(C(NN)c2csc(I)c2)c(OC)n1. The highest BCUT2D eigenvalue weighted by molar-refractivity contribution is 14.1. The van der Waals surface area contributed by atoms with E-state index in [1.165, 1.54) is 17.1 Å². The van der Waals surface area contributed by atoms with Crippen LogP contribution in [0.15, 0.2) is 17.6 Å². The van der Waals surface area contributed by atoms with Gasteiger partial charge in [-0.2, -0.15) is 4.98 Å². The van der Waals surface area contributed by atoms with E-state index in [1.54, 1.807) is 17.5 Å². The lowest BCUT2D eigenvalue weighted by molar-refractivity contribution is 0.352. The van der Waals surface area contributed by atoms with E-state index in [1.807, 2.05) is 11.4 Å². The van der Waals surface area contributed by atoms with E-state index in [-0.39, 0.29) is 6.04 Å². The molecule has 2 aromatic rings. The number of hydrazine groups is 1. The second-order valence-electron chi connectivity index (χ2n) is 3.59. The summed E-state index contributed by atoms with van der Waals surface area (Å²) in [6.45, 7) is 0. The number of thiophene rings is 1. The lowest BCUT2D eigenvalue weighted by Crippen LogP contribution is -2.29. The van der Waals surface area contributed by atoms with Crippen LogP contribution in [0.2, 0.25) is 0 Å². The van der Waals surface area contributed by atoms with Gasteiger partial charge in [0.1, 0.15) is 5.69 Å². The van der Waals surface area contributed by atoms with Crippen LogP contribution in [-0.4, -0.2) is 24.2 Å². The molecule has 0 radical (unpaired) electrons. The summed E-state index contributed by atoms with van der Waals surface area (Å²) in [6, 6.07) is 1.77. The minimum absolute atomic E-state index is 0.270. The van der Waals surface area contributed by atoms with Crippen molar-refractivity contribution in [1.29, 1.82) is 0 Å². The minimum atomic E-state index is -0.270. The Hall–Kier alpha value is -0.970. The second kappa shape index (κ2) is 6.46. The molecule has 2 rings (SSSR count). The summed E-state index contributed by atoms with van der Waals surface area (Å²) < 4.78 is 11.5. The van der Waals surface area contributed by atoms with E-state index in [0.717, 1.165) is 5.56 Å². The summed E-state index contributed by atoms with van der Waals surface area (Å²) in [4.78, 5) is 8.53. The van der Waals surface area contributed by atoms with Crippen molar-refractivity contribution in [3.8, 4) is 11.8 Å². The quantitative estimate of drug-likeness (QED) is 0.458. The molecular formula is C11H13IN4O2S. The van der Waals surface area contributed by atoms with Gasteiger partial charge in [0.2, 0.25) is 11.8 Å². The minimum Gasteiger partial charge on any atom is -0.480 e. The van der Waals surface area contributed by atoms with Crippen molar-refractivity contribution < 1.29 is 9.47 Å². The highest BCUT2D eigenvalue weighted by Gasteiger charge is 2.21. The number of hydrogen-bond acceptors (Lipinski definition) is 7. The Morgan fingerprint density at radius 3 is 2.74 bits per heavy atom. The molecule has 8 heteroatoms. The standard InChI is InChI=1S/C11H13IN4O2S/c1-17-8-4-14-10(11(15-8)18-2)9(16-13)6-3-7(12)19-5-6/h3-5,9,16H,13H2,1-2H3. The number of nitrogens with one attached hydrogen (secondary N) is 1. The number of halogens is 1. The molecule has 2 heterocycles. The summed E-state index contributed by atoms with van der Waals surface area (Å²) in [5, 5.41) is 2.03. The summed E-state index contributed by atoms with van der Waals surface area (Å²) in [5.74, 6) is 6.43. The predicted octanol–water partition coefficient (Wildman–Crippen LogP) is 1.71. The Balaban J connectivity index is 2.43. The molecule has 0 aliphatic heterocycles. The number of ether oxygens (including phenoxy) is 2. The van der Waals surface area contributed by atoms with Crippen molar-refractivity contribution in [2.45, 2.75) is 6.04 Å². The van der Waals surface area contributed by atoms with Gasteiger partial charge in [0.25, 0.3) is 0 Å². The number of aromatic nitrogens is 2. The summed E-state index contributed by atoms with van der Waals surface area (Å²) in [6.07, 6.45) is 1.54. The molecule has 1 unspecified atom stereocenters. The zero-order chi connectivity index (χ0) is 13.8.